The molecule has 2 atom stereocenters. The third-order valence-electron chi connectivity index (χ3n) is 3.30. The smallest absolute Gasteiger partial charge is 0.128 e. The number of rotatable bonds is 4. The normalized spacial score (nSPS) is 21.8. The molecule has 0 amide bonds. The van der Waals surface area contributed by atoms with E-state index in [0.717, 1.165) is 16.6 Å². The number of nitrogens with one attached hydrogen (secondary N) is 1. The Morgan fingerprint density at radius 1 is 1.50 bits per heavy atom. The van der Waals surface area contributed by atoms with Gasteiger partial charge in [-0.1, -0.05) is 29.3 Å². The molecule has 1 aromatic carbocycles. The van der Waals surface area contributed by atoms with Crippen molar-refractivity contribution >= 4 is 27.7 Å². The first kappa shape index (κ1) is 14.4. The van der Waals surface area contributed by atoms with Crippen molar-refractivity contribution in [1.29, 1.82) is 0 Å². The Hall–Kier alpha value is -0.0600. The lowest BCUT2D eigenvalue weighted by atomic mass is 9.99. The van der Waals surface area contributed by atoms with Crippen molar-refractivity contribution in [3.8, 4) is 0 Å². The maximum absolute atomic E-state index is 14.0. The van der Waals surface area contributed by atoms with E-state index in [1.165, 1.54) is 25.0 Å². The van der Waals surface area contributed by atoms with E-state index in [4.69, 9.17) is 0 Å². The van der Waals surface area contributed by atoms with Crippen molar-refractivity contribution in [3.05, 3.63) is 34.1 Å². The number of thioether (sulfide) groups is 1. The van der Waals surface area contributed by atoms with Crippen LogP contribution in [0.4, 0.5) is 4.39 Å². The summed E-state index contributed by atoms with van der Waals surface area (Å²) < 4.78 is 15.0. The van der Waals surface area contributed by atoms with Crippen LogP contribution in [0.2, 0.25) is 0 Å². The van der Waals surface area contributed by atoms with Crippen LogP contribution in [0.15, 0.2) is 22.7 Å². The third-order valence-corrected chi connectivity index (χ3v) is 5.26. The van der Waals surface area contributed by atoms with Gasteiger partial charge in [-0.15, -0.1) is 0 Å². The summed E-state index contributed by atoms with van der Waals surface area (Å²) in [6.45, 7) is 2.95. The number of hydrogen-bond acceptors (Lipinski definition) is 2. The van der Waals surface area contributed by atoms with Crippen LogP contribution < -0.4 is 5.32 Å². The highest BCUT2D eigenvalue weighted by molar-refractivity contribution is 9.10. The molecule has 1 fully saturated rings. The second-order valence-corrected chi connectivity index (χ2v) is 6.87. The quantitative estimate of drug-likeness (QED) is 0.870. The van der Waals surface area contributed by atoms with E-state index in [0.29, 0.717) is 5.25 Å². The van der Waals surface area contributed by atoms with Gasteiger partial charge in [-0.05, 0) is 43.3 Å². The molecule has 0 radical (unpaired) electrons. The van der Waals surface area contributed by atoms with Crippen LogP contribution in [-0.2, 0) is 0 Å². The second-order valence-electron chi connectivity index (χ2n) is 4.61. The molecule has 0 spiro atoms. The summed E-state index contributed by atoms with van der Waals surface area (Å²) in [6, 6.07) is 5.35. The van der Waals surface area contributed by atoms with Crippen LogP contribution in [0.25, 0.3) is 0 Å². The van der Waals surface area contributed by atoms with Crippen molar-refractivity contribution in [2.45, 2.75) is 37.5 Å². The number of hydrogen-bond donors (Lipinski definition) is 1. The van der Waals surface area contributed by atoms with Gasteiger partial charge in [0.05, 0.1) is 0 Å². The summed E-state index contributed by atoms with van der Waals surface area (Å²) in [5.41, 5.74) is 0.797. The van der Waals surface area contributed by atoms with Crippen molar-refractivity contribution in [2.24, 2.45) is 0 Å². The van der Waals surface area contributed by atoms with Crippen LogP contribution in [-0.4, -0.2) is 17.5 Å². The predicted molar refractivity (Wildman–Crippen MR) is 80.6 cm³/mol. The highest BCUT2D eigenvalue weighted by atomic mass is 79.9. The molecule has 2 unspecified atom stereocenters. The van der Waals surface area contributed by atoms with Gasteiger partial charge in [0.15, 0.2) is 0 Å². The first-order valence-corrected chi connectivity index (χ1v) is 8.36. The van der Waals surface area contributed by atoms with Gasteiger partial charge in [0.1, 0.15) is 5.82 Å². The minimum Gasteiger partial charge on any atom is -0.309 e. The van der Waals surface area contributed by atoms with Crippen LogP contribution in [0, 0.1) is 5.82 Å². The summed E-state index contributed by atoms with van der Waals surface area (Å²) in [7, 11) is 0. The van der Waals surface area contributed by atoms with Crippen LogP contribution in [0.3, 0.4) is 0 Å². The topological polar surface area (TPSA) is 12.0 Å². The van der Waals surface area contributed by atoms with Crippen molar-refractivity contribution in [2.75, 3.05) is 12.3 Å². The fourth-order valence-corrected chi connectivity index (χ4v) is 4.26. The van der Waals surface area contributed by atoms with Gasteiger partial charge < -0.3 is 5.32 Å². The molecule has 1 aliphatic rings. The van der Waals surface area contributed by atoms with E-state index in [9.17, 15) is 4.39 Å². The summed E-state index contributed by atoms with van der Waals surface area (Å²) in [6.07, 6.45) is 3.73. The van der Waals surface area contributed by atoms with Crippen molar-refractivity contribution in [1.82, 2.24) is 5.32 Å². The lowest BCUT2D eigenvalue weighted by molar-refractivity contribution is 0.468. The fraction of sp³-hybridized carbons (Fsp3) is 0.571. The number of halogens is 2. The Bertz CT molecular complexity index is 393. The van der Waals surface area contributed by atoms with E-state index in [1.54, 1.807) is 12.1 Å². The summed E-state index contributed by atoms with van der Waals surface area (Å²) in [5, 5.41) is 3.94. The first-order chi connectivity index (χ1) is 8.72. The van der Waals surface area contributed by atoms with Gasteiger partial charge in [-0.2, -0.15) is 11.8 Å². The van der Waals surface area contributed by atoms with Gasteiger partial charge in [0, 0.05) is 21.3 Å². The Kier molecular flexibility index (Phi) is 5.52. The summed E-state index contributed by atoms with van der Waals surface area (Å²) in [4.78, 5) is 0. The van der Waals surface area contributed by atoms with Crippen LogP contribution in [0.5, 0.6) is 0 Å². The Labute approximate surface area is 121 Å². The predicted octanol–water partition coefficient (Wildman–Crippen LogP) is 4.52. The largest absolute Gasteiger partial charge is 0.309 e. The molecule has 2 rings (SSSR count). The monoisotopic (exact) mass is 331 g/mol. The molecule has 1 heterocycles. The highest BCUT2D eigenvalue weighted by Gasteiger charge is 2.27. The van der Waals surface area contributed by atoms with Crippen molar-refractivity contribution in [3.63, 3.8) is 0 Å². The zero-order valence-corrected chi connectivity index (χ0v) is 13.0. The first-order valence-electron chi connectivity index (χ1n) is 6.52. The van der Waals surface area contributed by atoms with Gasteiger partial charge >= 0.3 is 0 Å². The molecule has 1 aliphatic heterocycles. The lowest BCUT2D eigenvalue weighted by Crippen LogP contribution is -2.32. The molecule has 0 bridgehead atoms. The molecule has 18 heavy (non-hydrogen) atoms. The van der Waals surface area contributed by atoms with E-state index < -0.39 is 0 Å². The second kappa shape index (κ2) is 6.92. The zero-order valence-electron chi connectivity index (χ0n) is 10.6. The maximum atomic E-state index is 14.0. The van der Waals surface area contributed by atoms with Crippen LogP contribution in [0.1, 0.15) is 37.8 Å². The molecule has 0 aliphatic carbocycles. The van der Waals surface area contributed by atoms with Crippen molar-refractivity contribution < 1.29 is 4.39 Å². The highest BCUT2D eigenvalue weighted by Crippen LogP contribution is 2.36. The molecular formula is C14H19BrFNS. The van der Waals surface area contributed by atoms with Gasteiger partial charge in [0.25, 0.3) is 0 Å². The van der Waals surface area contributed by atoms with Gasteiger partial charge in [-0.25, -0.2) is 4.39 Å². The molecule has 4 heteroatoms. The average molecular weight is 332 g/mol. The Balaban J connectivity index is 2.24. The summed E-state index contributed by atoms with van der Waals surface area (Å²) >= 11 is 5.41. The molecule has 1 N–H and O–H groups in total. The van der Waals surface area contributed by atoms with E-state index in [-0.39, 0.29) is 11.9 Å². The maximum Gasteiger partial charge on any atom is 0.128 e. The molecular weight excluding hydrogens is 313 g/mol. The Morgan fingerprint density at radius 3 is 3.00 bits per heavy atom. The van der Waals surface area contributed by atoms with E-state index in [2.05, 4.69) is 28.2 Å². The molecule has 0 saturated carbocycles. The molecule has 1 aromatic rings. The van der Waals surface area contributed by atoms with Gasteiger partial charge in [-0.3, -0.25) is 0 Å². The standard InChI is InChI=1S/C14H19BrFNS/c1-2-17-14(13-5-3-4-8-18-13)11-9-10(15)6-7-12(11)16/h6-7,9,13-14,17H,2-5,8H2,1H3. The third kappa shape index (κ3) is 3.49. The zero-order chi connectivity index (χ0) is 13.0. The average Bonchev–Trinajstić information content (AvgIpc) is 2.40. The number of benzene rings is 1. The lowest BCUT2D eigenvalue weighted by Gasteiger charge is -2.31. The Morgan fingerprint density at radius 2 is 2.33 bits per heavy atom. The van der Waals surface area contributed by atoms with E-state index in [1.807, 2.05) is 17.8 Å². The SMILES string of the molecule is CCNC(c1cc(Br)ccc1F)C1CCCCS1. The van der Waals surface area contributed by atoms with E-state index >= 15 is 0 Å². The molecule has 1 saturated heterocycles. The van der Waals surface area contributed by atoms with Crippen LogP contribution >= 0.6 is 27.7 Å². The van der Waals surface area contributed by atoms with Gasteiger partial charge in [0.2, 0.25) is 0 Å². The molecule has 0 aromatic heterocycles. The molecule has 100 valence electrons. The minimum atomic E-state index is -0.102. The fourth-order valence-electron chi connectivity index (χ4n) is 2.44. The summed E-state index contributed by atoms with van der Waals surface area (Å²) in [5.74, 6) is 1.10. The molecule has 1 nitrogen and oxygen atoms in total. The minimum absolute atomic E-state index is 0.102.